The Morgan fingerprint density at radius 3 is 2.73 bits per heavy atom. The molecule has 0 radical (unpaired) electrons. The molecule has 0 unspecified atom stereocenters. The van der Waals surface area contributed by atoms with E-state index in [9.17, 15) is 5.11 Å². The molecule has 1 heterocycles. The molecule has 0 spiro atoms. The molecule has 0 bridgehead atoms. The second-order valence-corrected chi connectivity index (χ2v) is 6.34. The van der Waals surface area contributed by atoms with E-state index in [1.165, 1.54) is 5.56 Å². The Kier molecular flexibility index (Phi) is 4.50. The number of aromatic amines is 1. The zero-order valence-electron chi connectivity index (χ0n) is 11.7. The minimum atomic E-state index is 0.142. The summed E-state index contributed by atoms with van der Waals surface area (Å²) in [7, 11) is 0. The fourth-order valence-corrected chi connectivity index (χ4v) is 2.79. The number of hydrogen-bond acceptors (Lipinski definition) is 2. The van der Waals surface area contributed by atoms with Crippen molar-refractivity contribution in [1.82, 2.24) is 4.98 Å². The smallest absolute Gasteiger partial charge is 0.198 e. The summed E-state index contributed by atoms with van der Waals surface area (Å²) in [5.74, 6) is 0.142. The molecule has 0 aliphatic carbocycles. The molecule has 0 amide bonds. The van der Waals surface area contributed by atoms with Crippen LogP contribution in [0.5, 0.6) is 5.88 Å². The van der Waals surface area contributed by atoms with Gasteiger partial charge in [-0.3, -0.25) is 4.99 Å². The number of H-pyrrole nitrogens is 1. The van der Waals surface area contributed by atoms with E-state index in [-0.39, 0.29) is 5.88 Å². The molecule has 22 heavy (non-hydrogen) atoms. The molecule has 0 aliphatic heterocycles. The summed E-state index contributed by atoms with van der Waals surface area (Å²) < 4.78 is 0.967. The second-order valence-electron chi connectivity index (χ2n) is 4.99. The van der Waals surface area contributed by atoms with Gasteiger partial charge in [-0.2, -0.15) is 0 Å². The van der Waals surface area contributed by atoms with Gasteiger partial charge in [0.2, 0.25) is 0 Å². The number of fused-ring (bicyclic) bond motifs is 1. The molecule has 5 heteroatoms. The average Bonchev–Trinajstić information content (AvgIpc) is 2.81. The van der Waals surface area contributed by atoms with Crippen LogP contribution in [0.1, 0.15) is 11.1 Å². The fraction of sp³-hybridized carbons (Fsp3) is 0.118. The van der Waals surface area contributed by atoms with Crippen molar-refractivity contribution in [3.63, 3.8) is 0 Å². The lowest BCUT2D eigenvalue weighted by atomic mass is 10.1. The third-order valence-corrected chi connectivity index (χ3v) is 4.19. The van der Waals surface area contributed by atoms with Crippen molar-refractivity contribution in [3.05, 3.63) is 63.1 Å². The Labute approximate surface area is 141 Å². The van der Waals surface area contributed by atoms with Crippen molar-refractivity contribution in [2.75, 3.05) is 6.54 Å². The third kappa shape index (κ3) is 3.34. The van der Waals surface area contributed by atoms with E-state index in [1.54, 1.807) is 6.21 Å². The minimum Gasteiger partial charge on any atom is -0.494 e. The number of aromatic nitrogens is 1. The highest BCUT2D eigenvalue weighted by molar-refractivity contribution is 9.10. The summed E-state index contributed by atoms with van der Waals surface area (Å²) in [6.45, 7) is 0.655. The highest BCUT2D eigenvalue weighted by Gasteiger charge is 2.08. The van der Waals surface area contributed by atoms with E-state index in [4.69, 9.17) is 11.6 Å². The fourth-order valence-electron chi connectivity index (χ4n) is 2.30. The maximum atomic E-state index is 10.00. The first kappa shape index (κ1) is 15.1. The molecule has 3 rings (SSSR count). The van der Waals surface area contributed by atoms with Gasteiger partial charge in [-0.05, 0) is 42.3 Å². The summed E-state index contributed by atoms with van der Waals surface area (Å²) in [4.78, 5) is 7.37. The van der Waals surface area contributed by atoms with Gasteiger partial charge in [0.15, 0.2) is 5.88 Å². The van der Waals surface area contributed by atoms with Gasteiger partial charge in [-0.25, -0.2) is 0 Å². The summed E-state index contributed by atoms with van der Waals surface area (Å²) >= 11 is 9.30. The minimum absolute atomic E-state index is 0.142. The zero-order valence-corrected chi connectivity index (χ0v) is 14.0. The quantitative estimate of drug-likeness (QED) is 0.621. The third-order valence-electron chi connectivity index (χ3n) is 3.44. The van der Waals surface area contributed by atoms with Gasteiger partial charge >= 0.3 is 0 Å². The van der Waals surface area contributed by atoms with Gasteiger partial charge in [-0.1, -0.05) is 39.7 Å². The molecule has 0 aliphatic rings. The number of rotatable bonds is 4. The van der Waals surface area contributed by atoms with E-state index >= 15 is 0 Å². The van der Waals surface area contributed by atoms with Crippen molar-refractivity contribution in [3.8, 4) is 5.88 Å². The highest BCUT2D eigenvalue weighted by atomic mass is 79.9. The summed E-state index contributed by atoms with van der Waals surface area (Å²) in [5.41, 5.74) is 2.79. The number of nitrogens with one attached hydrogen (secondary N) is 1. The number of aliphatic imine (C=N–C) groups is 1. The van der Waals surface area contributed by atoms with Crippen molar-refractivity contribution >= 4 is 44.6 Å². The van der Waals surface area contributed by atoms with Gasteiger partial charge < -0.3 is 10.1 Å². The molecule has 2 aromatic carbocycles. The molecule has 112 valence electrons. The first-order valence-corrected chi connectivity index (χ1v) is 8.05. The number of aromatic hydroxyl groups is 1. The lowest BCUT2D eigenvalue weighted by molar-refractivity contribution is 0.457. The molecule has 0 fully saturated rings. The maximum absolute atomic E-state index is 10.00. The van der Waals surface area contributed by atoms with E-state index in [0.29, 0.717) is 12.1 Å². The van der Waals surface area contributed by atoms with Gasteiger partial charge in [0.05, 0.1) is 5.56 Å². The molecule has 3 nitrogen and oxygen atoms in total. The average molecular weight is 378 g/mol. The predicted molar refractivity (Wildman–Crippen MR) is 95.3 cm³/mol. The molecule has 0 saturated carbocycles. The summed E-state index contributed by atoms with van der Waals surface area (Å²) in [5, 5.41) is 11.7. The summed E-state index contributed by atoms with van der Waals surface area (Å²) in [6, 6.07) is 13.6. The molecule has 0 saturated heterocycles. The highest BCUT2D eigenvalue weighted by Crippen LogP contribution is 2.28. The van der Waals surface area contributed by atoms with Crippen molar-refractivity contribution in [2.45, 2.75) is 6.42 Å². The van der Waals surface area contributed by atoms with Gasteiger partial charge in [-0.15, -0.1) is 0 Å². The summed E-state index contributed by atoms with van der Waals surface area (Å²) in [6.07, 6.45) is 2.55. The first-order valence-electron chi connectivity index (χ1n) is 6.88. The Morgan fingerprint density at radius 2 is 1.95 bits per heavy atom. The van der Waals surface area contributed by atoms with Crippen LogP contribution in [0.25, 0.3) is 10.9 Å². The molecule has 3 aromatic rings. The molecular weight excluding hydrogens is 364 g/mol. The van der Waals surface area contributed by atoms with E-state index in [2.05, 4.69) is 25.9 Å². The maximum Gasteiger partial charge on any atom is 0.198 e. The lowest BCUT2D eigenvalue weighted by Gasteiger charge is -1.98. The molecular formula is C17H14BrClN2O. The monoisotopic (exact) mass is 376 g/mol. The van der Waals surface area contributed by atoms with Gasteiger partial charge in [0.25, 0.3) is 0 Å². The van der Waals surface area contributed by atoms with Crippen LogP contribution in [0, 0.1) is 0 Å². The Hall–Kier alpha value is -1.78. The van der Waals surface area contributed by atoms with Crippen LogP contribution in [-0.2, 0) is 6.42 Å². The number of halogens is 2. The second kappa shape index (κ2) is 6.55. The van der Waals surface area contributed by atoms with Gasteiger partial charge in [0.1, 0.15) is 0 Å². The van der Waals surface area contributed by atoms with Crippen LogP contribution in [0.15, 0.2) is 51.9 Å². The van der Waals surface area contributed by atoms with Crippen molar-refractivity contribution in [2.24, 2.45) is 4.99 Å². The first-order chi connectivity index (χ1) is 10.6. The van der Waals surface area contributed by atoms with E-state index in [0.717, 1.165) is 26.8 Å². The zero-order chi connectivity index (χ0) is 15.5. The van der Waals surface area contributed by atoms with Crippen molar-refractivity contribution in [1.29, 1.82) is 0 Å². The number of nitrogens with zero attached hydrogens (tertiary/aromatic N) is 1. The van der Waals surface area contributed by atoms with Crippen LogP contribution in [-0.4, -0.2) is 22.8 Å². The molecule has 2 N–H and O–H groups in total. The Morgan fingerprint density at radius 1 is 1.18 bits per heavy atom. The van der Waals surface area contributed by atoms with Crippen molar-refractivity contribution < 1.29 is 5.11 Å². The Balaban J connectivity index is 1.74. The lowest BCUT2D eigenvalue weighted by Crippen LogP contribution is -1.90. The molecule has 1 aromatic heterocycles. The van der Waals surface area contributed by atoms with Crippen LogP contribution in [0.3, 0.4) is 0 Å². The van der Waals surface area contributed by atoms with Crippen LogP contribution >= 0.6 is 27.5 Å². The van der Waals surface area contributed by atoms with Crippen LogP contribution < -0.4 is 0 Å². The van der Waals surface area contributed by atoms with Gasteiger partial charge in [0, 0.05) is 33.2 Å². The normalized spacial score (nSPS) is 11.5. The van der Waals surface area contributed by atoms with E-state index in [1.807, 2.05) is 42.5 Å². The predicted octanol–water partition coefficient (Wildman–Crippen LogP) is 4.95. The number of hydrogen-bond donors (Lipinski definition) is 2. The number of benzene rings is 2. The SMILES string of the molecule is Oc1[nH]c2ccc(Br)cc2c1C=NCCc1ccc(Cl)cc1. The van der Waals surface area contributed by atoms with E-state index < -0.39 is 0 Å². The Bertz CT molecular complexity index is 825. The standard InChI is InChI=1S/C17H14BrClN2O/c18-12-3-6-16-14(9-12)15(17(22)21-16)10-20-8-7-11-1-4-13(19)5-2-11/h1-6,9-10,21-22H,7-8H2. The van der Waals surface area contributed by atoms with Crippen LogP contribution in [0.4, 0.5) is 0 Å². The topological polar surface area (TPSA) is 48.4 Å². The molecule has 0 atom stereocenters. The van der Waals surface area contributed by atoms with Crippen LogP contribution in [0.2, 0.25) is 5.02 Å². The largest absolute Gasteiger partial charge is 0.494 e.